The van der Waals surface area contributed by atoms with Gasteiger partial charge in [0.15, 0.2) is 5.60 Å². The van der Waals surface area contributed by atoms with Gasteiger partial charge in [-0.2, -0.15) is 18.4 Å². The molecule has 2 nitrogen and oxygen atoms in total. The van der Waals surface area contributed by atoms with Crippen molar-refractivity contribution in [3.8, 4) is 6.07 Å². The van der Waals surface area contributed by atoms with Crippen LogP contribution in [-0.4, -0.2) is 11.3 Å². The number of benzene rings is 1. The maximum Gasteiger partial charge on any atom is 0.393 e. The summed E-state index contributed by atoms with van der Waals surface area (Å²) in [7, 11) is 0. The number of rotatable bonds is 2. The minimum atomic E-state index is -4.58. The molecule has 1 N–H and O–H groups in total. The molecule has 15 heavy (non-hydrogen) atoms. The molecule has 0 aliphatic carbocycles. The largest absolute Gasteiger partial charge is 0.393 e. The van der Waals surface area contributed by atoms with Crippen LogP contribution in [0.2, 0.25) is 0 Å². The van der Waals surface area contributed by atoms with E-state index < -0.39 is 18.2 Å². The maximum atomic E-state index is 12.1. The molecule has 0 radical (unpaired) electrons. The first kappa shape index (κ1) is 11.5. The Morgan fingerprint density at radius 1 is 1.20 bits per heavy atom. The molecule has 1 atom stereocenters. The molecule has 0 spiro atoms. The van der Waals surface area contributed by atoms with Crippen molar-refractivity contribution in [3.05, 3.63) is 35.9 Å². The topological polar surface area (TPSA) is 44.0 Å². The van der Waals surface area contributed by atoms with Crippen molar-refractivity contribution in [1.82, 2.24) is 0 Å². The quantitative estimate of drug-likeness (QED) is 0.769. The third-order valence-electron chi connectivity index (χ3n) is 1.89. The standard InChI is InChI=1S/C10H8F3NO/c11-10(12,13)6-9(15,7-14)8-4-2-1-3-5-8/h1-5,15H,6H2. The van der Waals surface area contributed by atoms with Gasteiger partial charge in [0.05, 0.1) is 6.42 Å². The number of nitriles is 1. The average Bonchev–Trinajstić information content (AvgIpc) is 2.16. The van der Waals surface area contributed by atoms with Gasteiger partial charge in [-0.1, -0.05) is 30.3 Å². The molecular formula is C10H8F3NO. The fraction of sp³-hybridized carbons (Fsp3) is 0.300. The van der Waals surface area contributed by atoms with Gasteiger partial charge in [-0.05, 0) is 5.56 Å². The monoisotopic (exact) mass is 215 g/mol. The van der Waals surface area contributed by atoms with Gasteiger partial charge in [-0.15, -0.1) is 0 Å². The second-order valence-electron chi connectivity index (χ2n) is 3.13. The number of hydrogen-bond acceptors (Lipinski definition) is 2. The fourth-order valence-corrected chi connectivity index (χ4v) is 1.21. The molecule has 0 heterocycles. The van der Waals surface area contributed by atoms with Crippen LogP contribution >= 0.6 is 0 Å². The lowest BCUT2D eigenvalue weighted by Crippen LogP contribution is -2.30. The number of alkyl halides is 3. The summed E-state index contributed by atoms with van der Waals surface area (Å²) in [5.41, 5.74) is -2.55. The van der Waals surface area contributed by atoms with Crippen LogP contribution in [0.25, 0.3) is 0 Å². The molecular weight excluding hydrogens is 207 g/mol. The zero-order valence-electron chi connectivity index (χ0n) is 7.62. The fourth-order valence-electron chi connectivity index (χ4n) is 1.21. The van der Waals surface area contributed by atoms with Gasteiger partial charge in [0.2, 0.25) is 0 Å². The van der Waals surface area contributed by atoms with Crippen molar-refractivity contribution >= 4 is 0 Å². The molecule has 0 aromatic heterocycles. The molecule has 1 aromatic carbocycles. The van der Waals surface area contributed by atoms with Gasteiger partial charge < -0.3 is 5.11 Å². The number of hydrogen-bond donors (Lipinski definition) is 1. The van der Waals surface area contributed by atoms with Crippen molar-refractivity contribution in [1.29, 1.82) is 5.26 Å². The lowest BCUT2D eigenvalue weighted by Gasteiger charge is -2.21. The van der Waals surface area contributed by atoms with E-state index in [-0.39, 0.29) is 5.56 Å². The van der Waals surface area contributed by atoms with Crippen LogP contribution in [0.3, 0.4) is 0 Å². The van der Waals surface area contributed by atoms with Crippen molar-refractivity contribution in [3.63, 3.8) is 0 Å². The SMILES string of the molecule is N#CC(O)(CC(F)(F)F)c1ccccc1. The summed E-state index contributed by atoms with van der Waals surface area (Å²) in [6.07, 6.45) is -6.15. The van der Waals surface area contributed by atoms with Gasteiger partial charge in [-0.3, -0.25) is 0 Å². The Bertz CT molecular complexity index is 368. The lowest BCUT2D eigenvalue weighted by atomic mass is 9.92. The molecule has 0 aliphatic heterocycles. The van der Waals surface area contributed by atoms with Crippen molar-refractivity contribution in [2.75, 3.05) is 0 Å². The second kappa shape index (κ2) is 3.91. The normalized spacial score (nSPS) is 15.4. The summed E-state index contributed by atoms with van der Waals surface area (Å²) >= 11 is 0. The van der Waals surface area contributed by atoms with E-state index in [0.717, 1.165) is 0 Å². The molecule has 0 saturated heterocycles. The molecule has 5 heteroatoms. The number of nitrogens with zero attached hydrogens (tertiary/aromatic N) is 1. The highest BCUT2D eigenvalue weighted by Gasteiger charge is 2.42. The predicted octanol–water partition coefficient (Wildman–Crippen LogP) is 2.35. The molecule has 1 rings (SSSR count). The Morgan fingerprint density at radius 3 is 2.13 bits per heavy atom. The van der Waals surface area contributed by atoms with Crippen LogP contribution < -0.4 is 0 Å². The van der Waals surface area contributed by atoms with Crippen molar-refractivity contribution < 1.29 is 18.3 Å². The molecule has 80 valence electrons. The molecule has 0 fully saturated rings. The first-order valence-corrected chi connectivity index (χ1v) is 4.13. The van der Waals surface area contributed by atoms with E-state index in [0.29, 0.717) is 0 Å². The first-order chi connectivity index (χ1) is 6.87. The summed E-state index contributed by atoms with van der Waals surface area (Å²) in [6, 6.07) is 8.38. The van der Waals surface area contributed by atoms with Gasteiger partial charge in [-0.25, -0.2) is 0 Å². The first-order valence-electron chi connectivity index (χ1n) is 4.13. The van der Waals surface area contributed by atoms with E-state index >= 15 is 0 Å². The van der Waals surface area contributed by atoms with Gasteiger partial charge in [0.1, 0.15) is 6.07 Å². The van der Waals surface area contributed by atoms with E-state index in [1.54, 1.807) is 6.07 Å². The third kappa shape index (κ3) is 2.96. The Kier molecular flexibility index (Phi) is 3.01. The maximum absolute atomic E-state index is 12.1. The van der Waals surface area contributed by atoms with Crippen LogP contribution in [0.5, 0.6) is 0 Å². The molecule has 1 aromatic rings. The van der Waals surface area contributed by atoms with E-state index in [1.165, 1.54) is 30.3 Å². The summed E-state index contributed by atoms with van der Waals surface area (Å²) in [5.74, 6) is 0. The molecule has 0 bridgehead atoms. The molecule has 0 aliphatic rings. The smallest absolute Gasteiger partial charge is 0.371 e. The minimum absolute atomic E-state index is 0.0511. The van der Waals surface area contributed by atoms with Crippen LogP contribution in [0.1, 0.15) is 12.0 Å². The van der Waals surface area contributed by atoms with Crippen LogP contribution in [0, 0.1) is 11.3 Å². The van der Waals surface area contributed by atoms with Crippen LogP contribution in [-0.2, 0) is 5.60 Å². The Labute approximate surface area is 84.6 Å². The number of halogens is 3. The molecule has 0 saturated carbocycles. The minimum Gasteiger partial charge on any atom is -0.371 e. The zero-order chi connectivity index (χ0) is 11.5. The van der Waals surface area contributed by atoms with Crippen LogP contribution in [0.15, 0.2) is 30.3 Å². The Morgan fingerprint density at radius 2 is 1.73 bits per heavy atom. The molecule has 0 amide bonds. The van der Waals surface area contributed by atoms with Gasteiger partial charge in [0, 0.05) is 0 Å². The summed E-state index contributed by atoms with van der Waals surface area (Å²) < 4.78 is 36.3. The van der Waals surface area contributed by atoms with E-state index in [1.807, 2.05) is 0 Å². The zero-order valence-corrected chi connectivity index (χ0v) is 7.62. The third-order valence-corrected chi connectivity index (χ3v) is 1.89. The van der Waals surface area contributed by atoms with Crippen molar-refractivity contribution in [2.24, 2.45) is 0 Å². The second-order valence-corrected chi connectivity index (χ2v) is 3.13. The summed E-state index contributed by atoms with van der Waals surface area (Å²) in [5, 5.41) is 18.1. The highest BCUT2D eigenvalue weighted by molar-refractivity contribution is 5.28. The van der Waals surface area contributed by atoms with Crippen LogP contribution in [0.4, 0.5) is 13.2 Å². The van der Waals surface area contributed by atoms with Gasteiger partial charge in [0.25, 0.3) is 0 Å². The highest BCUT2D eigenvalue weighted by atomic mass is 19.4. The van der Waals surface area contributed by atoms with Crippen molar-refractivity contribution in [2.45, 2.75) is 18.2 Å². The predicted molar refractivity (Wildman–Crippen MR) is 46.6 cm³/mol. The summed E-state index contributed by atoms with van der Waals surface area (Å²) in [4.78, 5) is 0. The van der Waals surface area contributed by atoms with E-state index in [2.05, 4.69) is 0 Å². The lowest BCUT2D eigenvalue weighted by molar-refractivity contribution is -0.166. The summed E-state index contributed by atoms with van der Waals surface area (Å²) in [6.45, 7) is 0. The Balaban J connectivity index is 3.03. The Hall–Kier alpha value is -1.54. The van der Waals surface area contributed by atoms with E-state index in [4.69, 9.17) is 5.26 Å². The molecule has 1 unspecified atom stereocenters. The van der Waals surface area contributed by atoms with Gasteiger partial charge >= 0.3 is 6.18 Å². The average molecular weight is 215 g/mol. The highest BCUT2D eigenvalue weighted by Crippen LogP contribution is 2.33. The number of aliphatic hydroxyl groups is 1. The van der Waals surface area contributed by atoms with E-state index in [9.17, 15) is 18.3 Å².